The second-order valence-electron chi connectivity index (χ2n) is 6.12. The Bertz CT molecular complexity index is 1190. The van der Waals surface area contributed by atoms with E-state index in [0.29, 0.717) is 10.8 Å². The number of anilines is 1. The summed E-state index contributed by atoms with van der Waals surface area (Å²) in [6.07, 6.45) is -0.861. The van der Waals surface area contributed by atoms with Gasteiger partial charge in [-0.25, -0.2) is 0 Å². The first-order valence-corrected chi connectivity index (χ1v) is 8.96. The van der Waals surface area contributed by atoms with Crippen molar-refractivity contribution in [2.24, 2.45) is 0 Å². The number of benzene rings is 2. The number of hydrogen-bond donors (Lipinski definition) is 4. The van der Waals surface area contributed by atoms with Crippen LogP contribution in [0.5, 0.6) is 5.75 Å². The van der Waals surface area contributed by atoms with E-state index >= 15 is 0 Å². The van der Waals surface area contributed by atoms with Crippen molar-refractivity contribution >= 4 is 39.9 Å². The van der Waals surface area contributed by atoms with E-state index in [4.69, 9.17) is 16.3 Å². The normalized spacial score (nSPS) is 11.7. The molecule has 9 nitrogen and oxygen atoms in total. The summed E-state index contributed by atoms with van der Waals surface area (Å²) in [6, 6.07) is 11.1. The molecule has 0 saturated heterocycles. The lowest BCUT2D eigenvalue weighted by atomic mass is 10.1. The number of carbonyl (C=O) groups is 2. The fraction of sp³-hybridized carbons (Fsp3) is 0.158. The molecule has 1 atom stereocenters. The minimum absolute atomic E-state index is 0.0496. The molecule has 150 valence electrons. The Kier molecular flexibility index (Phi) is 5.99. The Morgan fingerprint density at radius 3 is 2.59 bits per heavy atom. The summed E-state index contributed by atoms with van der Waals surface area (Å²) in [5.74, 6) is -0.655. The molecule has 0 fully saturated rings. The molecule has 4 N–H and O–H groups in total. The van der Waals surface area contributed by atoms with Crippen LogP contribution in [-0.2, 0) is 9.59 Å². The molecule has 0 aliphatic heterocycles. The van der Waals surface area contributed by atoms with Crippen molar-refractivity contribution < 1.29 is 14.3 Å². The topological polar surface area (TPSA) is 133 Å². The molecule has 0 aliphatic rings. The minimum atomic E-state index is -0.861. The number of nitrogens with one attached hydrogen (secondary N) is 4. The van der Waals surface area contributed by atoms with Crippen LogP contribution in [0, 0.1) is 0 Å². The van der Waals surface area contributed by atoms with Gasteiger partial charge >= 0.3 is 0 Å². The van der Waals surface area contributed by atoms with Gasteiger partial charge in [0.25, 0.3) is 17.0 Å². The van der Waals surface area contributed by atoms with E-state index in [0.717, 1.165) is 0 Å². The fourth-order valence-electron chi connectivity index (χ4n) is 2.64. The zero-order valence-corrected chi connectivity index (χ0v) is 16.0. The Morgan fingerprint density at radius 2 is 1.83 bits per heavy atom. The Morgan fingerprint density at radius 1 is 1.10 bits per heavy atom. The van der Waals surface area contributed by atoms with Crippen LogP contribution in [0.2, 0.25) is 5.02 Å². The van der Waals surface area contributed by atoms with E-state index in [-0.39, 0.29) is 23.0 Å². The molecule has 0 saturated carbocycles. The number of amides is 2. The van der Waals surface area contributed by atoms with Crippen LogP contribution in [-0.4, -0.2) is 34.7 Å². The highest BCUT2D eigenvalue weighted by molar-refractivity contribution is 6.30. The van der Waals surface area contributed by atoms with Gasteiger partial charge in [-0.1, -0.05) is 23.7 Å². The molecule has 0 radical (unpaired) electrons. The van der Waals surface area contributed by atoms with Gasteiger partial charge in [-0.2, -0.15) is 0 Å². The molecule has 0 bridgehead atoms. The minimum Gasteiger partial charge on any atom is -0.481 e. The SMILES string of the molecule is CC(Oc1cccc(Cl)c1)C(=O)NCC(=O)Nc1cccc2c(=O)[nH][nH]c(=O)c12. The smallest absolute Gasteiger partial charge is 0.272 e. The van der Waals surface area contributed by atoms with Crippen LogP contribution >= 0.6 is 11.6 Å². The quantitative estimate of drug-likeness (QED) is 0.482. The molecule has 3 aromatic rings. The van der Waals surface area contributed by atoms with Gasteiger partial charge in [-0.15, -0.1) is 0 Å². The van der Waals surface area contributed by atoms with Gasteiger partial charge in [-0.3, -0.25) is 29.4 Å². The van der Waals surface area contributed by atoms with E-state index in [1.165, 1.54) is 25.1 Å². The predicted octanol–water partition coefficient (Wildman–Crippen LogP) is 1.39. The van der Waals surface area contributed by atoms with Gasteiger partial charge in [0.15, 0.2) is 6.10 Å². The van der Waals surface area contributed by atoms with Crippen LogP contribution in [0.15, 0.2) is 52.1 Å². The van der Waals surface area contributed by atoms with Crippen LogP contribution in [0.25, 0.3) is 10.8 Å². The molecule has 1 heterocycles. The number of H-pyrrole nitrogens is 2. The van der Waals surface area contributed by atoms with Crippen LogP contribution in [0.4, 0.5) is 5.69 Å². The van der Waals surface area contributed by atoms with Crippen molar-refractivity contribution in [1.29, 1.82) is 0 Å². The summed E-state index contributed by atoms with van der Waals surface area (Å²) < 4.78 is 5.48. The van der Waals surface area contributed by atoms with Gasteiger partial charge in [0, 0.05) is 5.02 Å². The highest BCUT2D eigenvalue weighted by atomic mass is 35.5. The van der Waals surface area contributed by atoms with E-state index in [1.54, 1.807) is 24.3 Å². The molecule has 0 aliphatic carbocycles. The summed E-state index contributed by atoms with van der Waals surface area (Å²) in [5.41, 5.74) is -0.878. The molecule has 0 spiro atoms. The van der Waals surface area contributed by atoms with Crippen LogP contribution in [0.1, 0.15) is 6.92 Å². The van der Waals surface area contributed by atoms with Crippen molar-refractivity contribution in [3.05, 3.63) is 68.2 Å². The molecule has 29 heavy (non-hydrogen) atoms. The first-order valence-electron chi connectivity index (χ1n) is 8.58. The average Bonchev–Trinajstić information content (AvgIpc) is 2.69. The highest BCUT2D eigenvalue weighted by Gasteiger charge is 2.17. The van der Waals surface area contributed by atoms with Gasteiger partial charge in [0.05, 0.1) is 23.0 Å². The summed E-state index contributed by atoms with van der Waals surface area (Å²) in [5, 5.41) is 10.0. The number of ether oxygens (including phenoxy) is 1. The number of fused-ring (bicyclic) bond motifs is 1. The van der Waals surface area contributed by atoms with Gasteiger partial charge in [-0.05, 0) is 37.3 Å². The number of aromatic nitrogens is 2. The molecule has 1 unspecified atom stereocenters. The second kappa shape index (κ2) is 8.61. The molecular weight excluding hydrogens is 400 g/mol. The van der Waals surface area contributed by atoms with Crippen molar-refractivity contribution in [3.8, 4) is 5.75 Å². The van der Waals surface area contributed by atoms with E-state index in [1.807, 2.05) is 0 Å². The van der Waals surface area contributed by atoms with Gasteiger partial charge < -0.3 is 15.4 Å². The van der Waals surface area contributed by atoms with E-state index in [2.05, 4.69) is 20.8 Å². The van der Waals surface area contributed by atoms with E-state index < -0.39 is 29.0 Å². The zero-order valence-electron chi connectivity index (χ0n) is 15.2. The van der Waals surface area contributed by atoms with Crippen molar-refractivity contribution in [2.45, 2.75) is 13.0 Å². The monoisotopic (exact) mass is 416 g/mol. The number of carbonyl (C=O) groups excluding carboxylic acids is 2. The van der Waals surface area contributed by atoms with E-state index in [9.17, 15) is 19.2 Å². The molecule has 2 aromatic carbocycles. The number of aromatic amines is 2. The lowest BCUT2D eigenvalue weighted by Gasteiger charge is -2.15. The molecule has 3 rings (SSSR count). The zero-order chi connectivity index (χ0) is 21.0. The molecule has 1 aromatic heterocycles. The first kappa shape index (κ1) is 20.2. The van der Waals surface area contributed by atoms with Gasteiger partial charge in [0.1, 0.15) is 5.75 Å². The highest BCUT2D eigenvalue weighted by Crippen LogP contribution is 2.18. The molecular formula is C19H17ClN4O5. The maximum atomic E-state index is 12.2. The maximum absolute atomic E-state index is 12.2. The Hall–Kier alpha value is -3.59. The fourth-order valence-corrected chi connectivity index (χ4v) is 2.82. The van der Waals surface area contributed by atoms with Gasteiger partial charge in [0.2, 0.25) is 5.91 Å². The average molecular weight is 417 g/mol. The van der Waals surface area contributed by atoms with Crippen LogP contribution in [0.3, 0.4) is 0 Å². The third kappa shape index (κ3) is 4.82. The number of rotatable bonds is 6. The lowest BCUT2D eigenvalue weighted by Crippen LogP contribution is -2.40. The summed E-state index contributed by atoms with van der Waals surface area (Å²) >= 11 is 5.87. The van der Waals surface area contributed by atoms with Crippen molar-refractivity contribution in [3.63, 3.8) is 0 Å². The maximum Gasteiger partial charge on any atom is 0.272 e. The number of hydrogen-bond acceptors (Lipinski definition) is 5. The summed E-state index contributed by atoms with van der Waals surface area (Å²) in [6.45, 7) is 1.18. The molecule has 2 amide bonds. The first-order chi connectivity index (χ1) is 13.8. The summed E-state index contributed by atoms with van der Waals surface area (Å²) in [7, 11) is 0. The second-order valence-corrected chi connectivity index (χ2v) is 6.56. The third-order valence-corrected chi connectivity index (χ3v) is 4.24. The number of halogens is 1. The Labute approximate surface area is 169 Å². The summed E-state index contributed by atoms with van der Waals surface area (Å²) in [4.78, 5) is 48.2. The molecule has 10 heteroatoms. The largest absolute Gasteiger partial charge is 0.481 e. The third-order valence-electron chi connectivity index (χ3n) is 4.00. The standard InChI is InChI=1S/C19H17ClN4O5/c1-10(29-12-5-2-4-11(20)8-12)17(26)21-9-15(25)22-14-7-3-6-13-16(14)19(28)24-23-18(13)27/h2-8,10H,9H2,1H3,(H,21,26)(H,22,25)(H,23,27)(H,24,28). The predicted molar refractivity (Wildman–Crippen MR) is 108 cm³/mol. The van der Waals surface area contributed by atoms with Crippen molar-refractivity contribution in [1.82, 2.24) is 15.5 Å². The van der Waals surface area contributed by atoms with Crippen molar-refractivity contribution in [2.75, 3.05) is 11.9 Å². The Balaban J connectivity index is 1.62. The lowest BCUT2D eigenvalue weighted by molar-refractivity contribution is -0.129. The van der Waals surface area contributed by atoms with Crippen LogP contribution < -0.4 is 26.5 Å².